The fraction of sp³-hybridized carbons (Fsp3) is 0.583. The molecule has 0 bridgehead atoms. The number of hydrogen-bond donors (Lipinski definition) is 2. The number of nitrogens with zero attached hydrogens (tertiary/aromatic N) is 1. The van der Waals surface area contributed by atoms with Crippen LogP contribution in [0.4, 0.5) is 0 Å². The lowest BCUT2D eigenvalue weighted by Crippen LogP contribution is -2.45. The molecule has 5 nitrogen and oxygen atoms in total. The standard InChI is InChI=1S/C12H19N3O2/c1-9-11(3-5-15(9)2)12(16)14-8-10-7-13-4-6-17-10/h3,5,10,13H,4,6-8H2,1-2H3,(H,14,16)/t10-/m1/s1. The molecule has 0 aliphatic carbocycles. The zero-order valence-electron chi connectivity index (χ0n) is 10.3. The Morgan fingerprint density at radius 1 is 1.71 bits per heavy atom. The monoisotopic (exact) mass is 237 g/mol. The van der Waals surface area contributed by atoms with E-state index in [2.05, 4.69) is 10.6 Å². The molecular formula is C12H19N3O2. The number of ether oxygens (including phenoxy) is 1. The summed E-state index contributed by atoms with van der Waals surface area (Å²) in [7, 11) is 1.93. The molecule has 1 aliphatic rings. The van der Waals surface area contributed by atoms with Crippen molar-refractivity contribution in [3.8, 4) is 0 Å². The van der Waals surface area contributed by atoms with E-state index in [4.69, 9.17) is 4.74 Å². The quantitative estimate of drug-likeness (QED) is 0.781. The van der Waals surface area contributed by atoms with Gasteiger partial charge in [-0.15, -0.1) is 0 Å². The van der Waals surface area contributed by atoms with Gasteiger partial charge >= 0.3 is 0 Å². The molecule has 1 amide bonds. The third-order valence-corrected chi connectivity index (χ3v) is 3.12. The van der Waals surface area contributed by atoms with Crippen molar-refractivity contribution in [3.63, 3.8) is 0 Å². The largest absolute Gasteiger partial charge is 0.374 e. The van der Waals surface area contributed by atoms with Crippen molar-refractivity contribution in [1.82, 2.24) is 15.2 Å². The predicted octanol–water partition coefficient (Wildman–Crippen LogP) is 0.0517. The van der Waals surface area contributed by atoms with Gasteiger partial charge < -0.3 is 19.9 Å². The van der Waals surface area contributed by atoms with Gasteiger partial charge in [-0.05, 0) is 13.0 Å². The first-order valence-corrected chi connectivity index (χ1v) is 5.91. The highest BCUT2D eigenvalue weighted by atomic mass is 16.5. The van der Waals surface area contributed by atoms with Crippen LogP contribution in [-0.2, 0) is 11.8 Å². The lowest BCUT2D eigenvalue weighted by atomic mass is 10.2. The molecule has 0 aromatic carbocycles. The highest BCUT2D eigenvalue weighted by Crippen LogP contribution is 2.08. The molecule has 2 heterocycles. The summed E-state index contributed by atoms with van der Waals surface area (Å²) >= 11 is 0. The van der Waals surface area contributed by atoms with Crippen LogP contribution in [0.5, 0.6) is 0 Å². The first-order valence-electron chi connectivity index (χ1n) is 5.91. The molecular weight excluding hydrogens is 218 g/mol. The maximum absolute atomic E-state index is 11.9. The van der Waals surface area contributed by atoms with E-state index in [1.165, 1.54) is 0 Å². The van der Waals surface area contributed by atoms with Gasteiger partial charge in [0, 0.05) is 38.6 Å². The Labute approximate surface area is 101 Å². The van der Waals surface area contributed by atoms with Crippen LogP contribution in [0.15, 0.2) is 12.3 Å². The molecule has 1 aliphatic heterocycles. The second kappa shape index (κ2) is 5.33. The minimum absolute atomic E-state index is 0.0303. The molecule has 0 radical (unpaired) electrons. The first kappa shape index (κ1) is 12.1. The molecule has 5 heteroatoms. The summed E-state index contributed by atoms with van der Waals surface area (Å²) in [5, 5.41) is 6.14. The lowest BCUT2D eigenvalue weighted by Gasteiger charge is -2.23. The smallest absolute Gasteiger partial charge is 0.253 e. The Hall–Kier alpha value is -1.33. The maximum atomic E-state index is 11.9. The molecule has 0 spiro atoms. The normalized spacial score (nSPS) is 20.2. The van der Waals surface area contributed by atoms with Crippen LogP contribution in [-0.4, -0.2) is 42.8 Å². The third kappa shape index (κ3) is 2.87. The van der Waals surface area contributed by atoms with Gasteiger partial charge in [0.15, 0.2) is 0 Å². The molecule has 2 N–H and O–H groups in total. The number of amides is 1. The Kier molecular flexibility index (Phi) is 3.81. The topological polar surface area (TPSA) is 55.3 Å². The highest BCUT2D eigenvalue weighted by Gasteiger charge is 2.16. The minimum atomic E-state index is -0.0303. The number of aromatic nitrogens is 1. The van der Waals surface area contributed by atoms with Crippen molar-refractivity contribution in [2.24, 2.45) is 7.05 Å². The average molecular weight is 237 g/mol. The molecule has 0 unspecified atom stereocenters. The van der Waals surface area contributed by atoms with E-state index in [-0.39, 0.29) is 12.0 Å². The molecule has 1 aromatic heterocycles. The van der Waals surface area contributed by atoms with Crippen LogP contribution >= 0.6 is 0 Å². The van der Waals surface area contributed by atoms with Crippen molar-refractivity contribution < 1.29 is 9.53 Å². The number of carbonyl (C=O) groups excluding carboxylic acids is 1. The van der Waals surface area contributed by atoms with Gasteiger partial charge in [-0.2, -0.15) is 0 Å². The van der Waals surface area contributed by atoms with Crippen LogP contribution in [0.1, 0.15) is 16.1 Å². The van der Waals surface area contributed by atoms with Gasteiger partial charge in [0.1, 0.15) is 0 Å². The molecule has 17 heavy (non-hydrogen) atoms. The van der Waals surface area contributed by atoms with Crippen molar-refractivity contribution in [2.75, 3.05) is 26.2 Å². The summed E-state index contributed by atoms with van der Waals surface area (Å²) in [6.07, 6.45) is 1.97. The van der Waals surface area contributed by atoms with E-state index < -0.39 is 0 Å². The second-order valence-electron chi connectivity index (χ2n) is 4.33. The Morgan fingerprint density at radius 3 is 3.12 bits per heavy atom. The Bertz CT molecular complexity index is 394. The average Bonchev–Trinajstić information content (AvgIpc) is 2.69. The molecule has 2 rings (SSSR count). The van der Waals surface area contributed by atoms with Crippen molar-refractivity contribution in [3.05, 3.63) is 23.5 Å². The van der Waals surface area contributed by atoms with E-state index in [1.54, 1.807) is 0 Å². The van der Waals surface area contributed by atoms with Gasteiger partial charge in [0.05, 0.1) is 18.3 Å². The molecule has 1 fully saturated rings. The summed E-state index contributed by atoms with van der Waals surface area (Å²) < 4.78 is 7.46. The van der Waals surface area contributed by atoms with Crippen LogP contribution in [0.25, 0.3) is 0 Å². The fourth-order valence-electron chi connectivity index (χ4n) is 1.90. The molecule has 94 valence electrons. The van der Waals surface area contributed by atoms with Crippen molar-refractivity contribution in [1.29, 1.82) is 0 Å². The van der Waals surface area contributed by atoms with Crippen LogP contribution in [0.3, 0.4) is 0 Å². The summed E-state index contributed by atoms with van der Waals surface area (Å²) in [6.45, 7) is 4.90. The number of morpholine rings is 1. The van der Waals surface area contributed by atoms with Crippen molar-refractivity contribution in [2.45, 2.75) is 13.0 Å². The zero-order valence-corrected chi connectivity index (χ0v) is 10.3. The maximum Gasteiger partial charge on any atom is 0.253 e. The lowest BCUT2D eigenvalue weighted by molar-refractivity contribution is 0.0287. The molecule has 1 atom stereocenters. The SMILES string of the molecule is Cc1c(C(=O)NC[C@H]2CNCCO2)ccn1C. The van der Waals surface area contributed by atoms with Gasteiger partial charge in [-0.1, -0.05) is 0 Å². The van der Waals surface area contributed by atoms with Gasteiger partial charge in [-0.25, -0.2) is 0 Å². The van der Waals surface area contributed by atoms with E-state index in [1.807, 2.05) is 30.8 Å². The molecule has 1 saturated heterocycles. The molecule has 0 saturated carbocycles. The summed E-state index contributed by atoms with van der Waals surface area (Å²) in [5.41, 5.74) is 1.71. The van der Waals surface area contributed by atoms with Gasteiger partial charge in [0.2, 0.25) is 0 Å². The number of carbonyl (C=O) groups is 1. The number of aryl methyl sites for hydroxylation is 1. The van der Waals surface area contributed by atoms with Crippen LogP contribution in [0, 0.1) is 6.92 Å². The summed E-state index contributed by atoms with van der Waals surface area (Å²) in [4.78, 5) is 11.9. The summed E-state index contributed by atoms with van der Waals surface area (Å²) in [5.74, 6) is -0.0303. The Balaban J connectivity index is 1.86. The number of rotatable bonds is 3. The van der Waals surface area contributed by atoms with Gasteiger partial charge in [-0.3, -0.25) is 4.79 Å². The highest BCUT2D eigenvalue weighted by molar-refractivity contribution is 5.95. The van der Waals surface area contributed by atoms with Gasteiger partial charge in [0.25, 0.3) is 5.91 Å². The van der Waals surface area contributed by atoms with Crippen LogP contribution < -0.4 is 10.6 Å². The van der Waals surface area contributed by atoms with Crippen molar-refractivity contribution >= 4 is 5.91 Å². The van der Waals surface area contributed by atoms with E-state index >= 15 is 0 Å². The molecule has 1 aromatic rings. The number of hydrogen-bond acceptors (Lipinski definition) is 3. The van der Waals surface area contributed by atoms with E-state index in [0.717, 1.165) is 24.3 Å². The fourth-order valence-corrected chi connectivity index (χ4v) is 1.90. The second-order valence-corrected chi connectivity index (χ2v) is 4.33. The van der Waals surface area contributed by atoms with E-state index in [9.17, 15) is 4.79 Å². The third-order valence-electron chi connectivity index (χ3n) is 3.12. The number of nitrogens with one attached hydrogen (secondary N) is 2. The predicted molar refractivity (Wildman–Crippen MR) is 65.1 cm³/mol. The first-order chi connectivity index (χ1) is 8.18. The van der Waals surface area contributed by atoms with E-state index in [0.29, 0.717) is 13.2 Å². The zero-order chi connectivity index (χ0) is 12.3. The van der Waals surface area contributed by atoms with Crippen LogP contribution in [0.2, 0.25) is 0 Å². The Morgan fingerprint density at radius 2 is 2.53 bits per heavy atom. The minimum Gasteiger partial charge on any atom is -0.374 e. The summed E-state index contributed by atoms with van der Waals surface area (Å²) in [6, 6.07) is 1.84.